The average molecular weight is 1110 g/mol. The van der Waals surface area contributed by atoms with E-state index in [-0.39, 0.29) is 0 Å². The molecule has 0 aliphatic heterocycles. The zero-order chi connectivity index (χ0) is 57.2. The summed E-state index contributed by atoms with van der Waals surface area (Å²) in [6, 6.07) is 68.8. The monoisotopic (exact) mass is 1110 g/mol. The van der Waals surface area contributed by atoms with E-state index in [4.69, 9.17) is 18.9 Å². The zero-order valence-electron chi connectivity index (χ0n) is 50.1. The van der Waals surface area contributed by atoms with Gasteiger partial charge in [0.2, 0.25) is 0 Å². The van der Waals surface area contributed by atoms with E-state index in [1.165, 1.54) is 197 Å². The largest absolute Gasteiger partial charge is 0.494 e. The molecule has 0 aliphatic carbocycles. The zero-order valence-corrected chi connectivity index (χ0v) is 50.1. The van der Waals surface area contributed by atoms with E-state index >= 15 is 0 Å². The van der Waals surface area contributed by atoms with E-state index < -0.39 is 0 Å². The van der Waals surface area contributed by atoms with Crippen molar-refractivity contribution in [3.63, 3.8) is 0 Å². The van der Waals surface area contributed by atoms with Crippen LogP contribution in [0.3, 0.4) is 0 Å². The van der Waals surface area contributed by atoms with Gasteiger partial charge in [0, 0.05) is 0 Å². The molecule has 426 valence electrons. The number of hydrogen-bond acceptors (Lipinski definition) is 4. The molecule has 0 fully saturated rings. The lowest BCUT2D eigenvalue weighted by molar-refractivity contribution is 0.305. The highest BCUT2D eigenvalue weighted by molar-refractivity contribution is 6.32. The third-order valence-electron chi connectivity index (χ3n) is 17.5. The summed E-state index contributed by atoms with van der Waals surface area (Å²) in [5.41, 5.74) is 9.62. The van der Waals surface area contributed by atoms with Crippen molar-refractivity contribution in [2.75, 3.05) is 26.4 Å². The Morgan fingerprint density at radius 1 is 0.214 bits per heavy atom. The minimum atomic E-state index is 0.744. The van der Waals surface area contributed by atoms with E-state index in [2.05, 4.69) is 210 Å². The molecule has 0 aliphatic rings. The Morgan fingerprint density at radius 3 is 0.679 bits per heavy atom. The van der Waals surface area contributed by atoms with Gasteiger partial charge in [0.05, 0.1) is 26.4 Å². The van der Waals surface area contributed by atoms with Gasteiger partial charge < -0.3 is 18.9 Å². The van der Waals surface area contributed by atoms with Crippen LogP contribution in [-0.4, -0.2) is 26.4 Å². The second-order valence-corrected chi connectivity index (χ2v) is 23.5. The Kier molecular flexibility index (Phi) is 17.9. The number of benzene rings is 12. The van der Waals surface area contributed by atoms with Crippen molar-refractivity contribution in [3.8, 4) is 67.5 Å². The summed E-state index contributed by atoms with van der Waals surface area (Å²) >= 11 is 0. The SMILES string of the molecule is CCCCCCOc1ccc2cc(-c3cc(-c4ccc5cc(OCCCCCC)ccc5c4)c4ccc5c(-c6ccc7cc(OCCCCCC)ccc7c6)cc(-c6ccc7cc(OCCCCCC)ccc7c6)c6ccc3c4c65)ccc2c1. The maximum Gasteiger partial charge on any atom is 0.119 e. The first-order chi connectivity index (χ1) is 41.5. The summed E-state index contributed by atoms with van der Waals surface area (Å²) in [4.78, 5) is 0. The quantitative estimate of drug-likeness (QED) is 0.0362. The van der Waals surface area contributed by atoms with Crippen molar-refractivity contribution in [2.24, 2.45) is 0 Å². The van der Waals surface area contributed by atoms with E-state index in [9.17, 15) is 0 Å². The summed E-state index contributed by atoms with van der Waals surface area (Å²) in [5, 5.41) is 17.0. The second-order valence-electron chi connectivity index (χ2n) is 23.5. The standard InChI is InChI=1S/C80H82O4/c1-5-9-13-17-41-81-67-33-29-55-45-63(25-21-59(55)49-67)75-53-76(64-26-22-60-50-68(34-30-56(60)46-64)82-42-18-14-10-6-2)72-39-40-74-78(66-28-24-62-52-70(36-32-58(62)48-66)84-44-20-16-12-8-4)54-77(73-38-37-71(75)79(72)80(73)74)65-27-23-61-51-69(35-31-57(61)47-65)83-43-19-15-11-7-3/h21-40,45-54H,5-20,41-44H2,1-4H3. The lowest BCUT2D eigenvalue weighted by atomic mass is 9.81. The Balaban J connectivity index is 1.03. The fraction of sp³-hybridized carbons (Fsp3) is 0.300. The summed E-state index contributed by atoms with van der Waals surface area (Å²) < 4.78 is 25.2. The Bertz CT molecular complexity index is 3690. The smallest absolute Gasteiger partial charge is 0.119 e. The molecule has 4 nitrogen and oxygen atoms in total. The molecule has 0 aromatic heterocycles. The highest BCUT2D eigenvalue weighted by Gasteiger charge is 2.22. The third-order valence-corrected chi connectivity index (χ3v) is 17.5. The summed E-state index contributed by atoms with van der Waals surface area (Å²) in [7, 11) is 0. The predicted octanol–water partition coefficient (Wildman–Crippen LogP) is 23.7. The molecule has 0 atom stereocenters. The van der Waals surface area contributed by atoms with E-state index in [0.29, 0.717) is 0 Å². The molecule has 0 bridgehead atoms. The van der Waals surface area contributed by atoms with E-state index in [1.807, 2.05) is 0 Å². The Labute approximate surface area is 498 Å². The lowest BCUT2D eigenvalue weighted by Gasteiger charge is -2.22. The van der Waals surface area contributed by atoms with Crippen molar-refractivity contribution >= 4 is 75.4 Å². The van der Waals surface area contributed by atoms with Gasteiger partial charge in [-0.15, -0.1) is 0 Å². The minimum absolute atomic E-state index is 0.744. The van der Waals surface area contributed by atoms with Crippen molar-refractivity contribution in [1.29, 1.82) is 0 Å². The summed E-state index contributed by atoms with van der Waals surface area (Å²) in [6.07, 6.45) is 19.0. The van der Waals surface area contributed by atoms with Gasteiger partial charge in [-0.1, -0.05) is 202 Å². The van der Waals surface area contributed by atoms with Crippen LogP contribution in [0.5, 0.6) is 23.0 Å². The third kappa shape index (κ3) is 12.4. The minimum Gasteiger partial charge on any atom is -0.494 e. The van der Waals surface area contributed by atoms with Crippen LogP contribution in [0.4, 0.5) is 0 Å². The molecule has 12 aromatic rings. The lowest BCUT2D eigenvalue weighted by Crippen LogP contribution is -1.97. The molecule has 0 radical (unpaired) electrons. The highest BCUT2D eigenvalue weighted by Crippen LogP contribution is 2.50. The number of hydrogen-bond donors (Lipinski definition) is 0. The van der Waals surface area contributed by atoms with Crippen LogP contribution in [0, 0.1) is 0 Å². The first-order valence-electron chi connectivity index (χ1n) is 31.9. The molecule has 84 heavy (non-hydrogen) atoms. The van der Waals surface area contributed by atoms with Gasteiger partial charge in [0.1, 0.15) is 23.0 Å². The van der Waals surface area contributed by atoms with Crippen LogP contribution in [-0.2, 0) is 0 Å². The summed E-state index contributed by atoms with van der Waals surface area (Å²) in [5.74, 6) is 3.73. The van der Waals surface area contributed by atoms with Gasteiger partial charge in [0.15, 0.2) is 0 Å². The Morgan fingerprint density at radius 2 is 0.440 bits per heavy atom. The second kappa shape index (κ2) is 26.7. The molecule has 0 amide bonds. The van der Waals surface area contributed by atoms with Gasteiger partial charge in [-0.05, 0) is 231 Å². The van der Waals surface area contributed by atoms with Crippen LogP contribution < -0.4 is 18.9 Å². The molecular weight excluding hydrogens is 1020 g/mol. The molecule has 0 N–H and O–H groups in total. The van der Waals surface area contributed by atoms with Gasteiger partial charge in [-0.3, -0.25) is 0 Å². The van der Waals surface area contributed by atoms with Gasteiger partial charge in [-0.25, -0.2) is 0 Å². The van der Waals surface area contributed by atoms with Crippen LogP contribution in [0.2, 0.25) is 0 Å². The van der Waals surface area contributed by atoms with Gasteiger partial charge in [-0.2, -0.15) is 0 Å². The number of rotatable bonds is 28. The Hall–Kier alpha value is -8.08. The first kappa shape index (κ1) is 56.4. The topological polar surface area (TPSA) is 36.9 Å². The van der Waals surface area contributed by atoms with Crippen LogP contribution in [0.15, 0.2) is 182 Å². The van der Waals surface area contributed by atoms with E-state index in [1.54, 1.807) is 0 Å². The number of fused-ring (bicyclic) bond motifs is 4. The van der Waals surface area contributed by atoms with Crippen LogP contribution in [0.1, 0.15) is 130 Å². The van der Waals surface area contributed by atoms with Crippen molar-refractivity contribution in [3.05, 3.63) is 182 Å². The molecule has 0 saturated carbocycles. The van der Waals surface area contributed by atoms with Gasteiger partial charge in [0.25, 0.3) is 0 Å². The number of ether oxygens (including phenoxy) is 4. The normalized spacial score (nSPS) is 11.8. The van der Waals surface area contributed by atoms with Crippen molar-refractivity contribution in [2.45, 2.75) is 130 Å². The predicted molar refractivity (Wildman–Crippen MR) is 360 cm³/mol. The highest BCUT2D eigenvalue weighted by atomic mass is 16.5. The fourth-order valence-corrected chi connectivity index (χ4v) is 12.7. The maximum absolute atomic E-state index is 6.29. The van der Waals surface area contributed by atoms with E-state index in [0.717, 1.165) is 75.1 Å². The van der Waals surface area contributed by atoms with Crippen molar-refractivity contribution in [1.82, 2.24) is 0 Å². The van der Waals surface area contributed by atoms with Crippen molar-refractivity contribution < 1.29 is 18.9 Å². The molecule has 0 heterocycles. The van der Waals surface area contributed by atoms with Crippen LogP contribution in [0.25, 0.3) is 120 Å². The van der Waals surface area contributed by atoms with Gasteiger partial charge >= 0.3 is 0 Å². The maximum atomic E-state index is 6.29. The average Bonchev–Trinajstić information content (AvgIpc) is 1.17. The molecule has 0 saturated heterocycles. The first-order valence-corrected chi connectivity index (χ1v) is 31.9. The summed E-state index contributed by atoms with van der Waals surface area (Å²) in [6.45, 7) is 12.0. The molecule has 12 aromatic carbocycles. The molecule has 0 spiro atoms. The molecule has 12 rings (SSSR count). The fourth-order valence-electron chi connectivity index (χ4n) is 12.7. The van der Waals surface area contributed by atoms with Crippen LogP contribution >= 0.6 is 0 Å². The number of unbranched alkanes of at least 4 members (excludes halogenated alkanes) is 12. The molecule has 0 unspecified atom stereocenters. The molecular formula is C80H82O4. The molecule has 4 heteroatoms.